The highest BCUT2D eigenvalue weighted by molar-refractivity contribution is 6.31. The van der Waals surface area contributed by atoms with Crippen LogP contribution in [0.15, 0.2) is 120 Å². The van der Waals surface area contributed by atoms with Crippen LogP contribution in [0.5, 0.6) is 34.5 Å². The van der Waals surface area contributed by atoms with Crippen LogP contribution in [0.1, 0.15) is 115 Å². The number of oxime groups is 1. The van der Waals surface area contributed by atoms with E-state index in [1.807, 2.05) is 49.5 Å². The number of phenolic OH excluding ortho intramolecular Hbond substituents is 4. The Morgan fingerprint density at radius 3 is 2.24 bits per heavy atom. The number of aliphatic hydroxyl groups excluding tert-OH is 2. The lowest BCUT2D eigenvalue weighted by Crippen LogP contribution is -2.56. The van der Waals surface area contributed by atoms with Gasteiger partial charge in [0.25, 0.3) is 5.91 Å². The monoisotopic (exact) mass is 1180 g/mol. The molecule has 0 bridgehead atoms. The van der Waals surface area contributed by atoms with Gasteiger partial charge in [-0.3, -0.25) is 24.5 Å². The number of Topliss-reactive ketones (excluding diaryl/α,β-unsaturated/α-hetero) is 1. The minimum atomic E-state index is -2.37. The first kappa shape index (κ1) is 62.0. The van der Waals surface area contributed by atoms with E-state index in [2.05, 4.69) is 51.9 Å². The molecule has 6 aromatic carbocycles. The predicted octanol–water partition coefficient (Wildman–Crippen LogP) is 6.18. The van der Waals surface area contributed by atoms with Gasteiger partial charge in [-0.05, 0) is 102 Å². The van der Waals surface area contributed by atoms with Crippen molar-refractivity contribution in [1.82, 2.24) is 15.5 Å². The Labute approximate surface area is 496 Å². The van der Waals surface area contributed by atoms with E-state index < -0.39 is 102 Å². The average Bonchev–Trinajstić information content (AvgIpc) is 0.753. The van der Waals surface area contributed by atoms with Crippen LogP contribution in [-0.4, -0.2) is 167 Å². The molecule has 0 spiro atoms. The number of ether oxygens (including phenoxy) is 5. The number of amides is 1. The fourth-order valence-corrected chi connectivity index (χ4v) is 11.1. The molecule has 86 heavy (non-hydrogen) atoms. The molecule has 452 valence electrons. The first-order valence-corrected chi connectivity index (χ1v) is 28.2. The smallest absolute Gasteiger partial charge is 0.256 e. The van der Waals surface area contributed by atoms with Gasteiger partial charge < -0.3 is 74.5 Å². The molecule has 9 rings (SSSR count). The maximum atomic E-state index is 14.1. The molecule has 6 atom stereocenters. The first-order valence-electron chi connectivity index (χ1n) is 28.2. The molecule has 0 aromatic heterocycles. The zero-order valence-corrected chi connectivity index (χ0v) is 48.0. The van der Waals surface area contributed by atoms with E-state index in [9.17, 15) is 54.9 Å². The number of hydrogen-bond donors (Lipinski definition) is 9. The lowest BCUT2D eigenvalue weighted by atomic mass is 9.72. The molecule has 1 amide bonds. The van der Waals surface area contributed by atoms with E-state index in [1.165, 1.54) is 49.2 Å². The zero-order chi connectivity index (χ0) is 61.2. The summed E-state index contributed by atoms with van der Waals surface area (Å²) >= 11 is 0. The fraction of sp³-hybridized carbons (Fsp3) is 0.338. The van der Waals surface area contributed by atoms with E-state index in [0.717, 1.165) is 34.4 Å². The molecule has 21 heteroatoms. The summed E-state index contributed by atoms with van der Waals surface area (Å²) in [5.74, 6) is -4.18. The fourth-order valence-electron chi connectivity index (χ4n) is 11.1. The van der Waals surface area contributed by atoms with Crippen molar-refractivity contribution in [1.29, 1.82) is 0 Å². The SMILES string of the molecule is CC/C(=C(/c1ccc(O)cc1)c1ccc(OCCN(C)CCOCCO/N=C/c2ccc(O)c(C(=O)NCN[C@H]3C[C@H](O[C@H]4C[C@](O)(C(=O)CO)Cc5c(O)c6c(c(O)c54)C(=O)c4c(OC)cccc4C6=O)O[C@@H](C)[C@H]3O)c2)cc1)c1ccccc1. The minimum absolute atomic E-state index is 0.0489. The predicted molar refractivity (Wildman–Crippen MR) is 316 cm³/mol. The Balaban J connectivity index is 0.727. The van der Waals surface area contributed by atoms with Crippen LogP contribution in [-0.2, 0) is 30.3 Å². The Bertz CT molecular complexity index is 3500. The van der Waals surface area contributed by atoms with Gasteiger partial charge in [0.15, 0.2) is 17.9 Å². The van der Waals surface area contributed by atoms with E-state index >= 15 is 0 Å². The third-order valence-corrected chi connectivity index (χ3v) is 15.7. The number of aliphatic hydroxyl groups is 3. The third kappa shape index (κ3) is 13.6. The summed E-state index contributed by atoms with van der Waals surface area (Å²) < 4.78 is 29.5. The molecule has 1 saturated heterocycles. The Morgan fingerprint density at radius 2 is 1.53 bits per heavy atom. The van der Waals surface area contributed by atoms with Gasteiger partial charge in [0, 0.05) is 55.1 Å². The van der Waals surface area contributed by atoms with Crippen LogP contribution in [0.4, 0.5) is 0 Å². The summed E-state index contributed by atoms with van der Waals surface area (Å²) in [4.78, 5) is 61.9. The summed E-state index contributed by atoms with van der Waals surface area (Å²) in [7, 11) is 3.28. The van der Waals surface area contributed by atoms with E-state index in [4.69, 9.17) is 28.5 Å². The number of benzene rings is 6. The summed E-state index contributed by atoms with van der Waals surface area (Å²) in [5.41, 5.74) is 1.70. The van der Waals surface area contributed by atoms with Gasteiger partial charge in [0.05, 0.1) is 73.8 Å². The highest BCUT2D eigenvalue weighted by atomic mass is 16.7. The molecule has 1 fully saturated rings. The Hall–Kier alpha value is -8.51. The van der Waals surface area contributed by atoms with E-state index in [0.29, 0.717) is 31.9 Å². The van der Waals surface area contributed by atoms with Crippen LogP contribution in [0, 0.1) is 0 Å². The number of fused-ring (bicyclic) bond motifs is 3. The van der Waals surface area contributed by atoms with Crippen molar-refractivity contribution >= 4 is 40.6 Å². The second-order valence-electron chi connectivity index (χ2n) is 21.2. The maximum absolute atomic E-state index is 14.1. The molecule has 9 N–H and O–H groups in total. The molecular weight excluding hydrogens is 1110 g/mol. The summed E-state index contributed by atoms with van der Waals surface area (Å²) in [6.07, 6.45) is -3.98. The number of methoxy groups -OCH3 is 1. The average molecular weight is 1180 g/mol. The van der Waals surface area contributed by atoms with Crippen LogP contribution in [0.3, 0.4) is 0 Å². The number of aromatic hydroxyl groups is 4. The van der Waals surface area contributed by atoms with Crippen molar-refractivity contribution in [2.24, 2.45) is 5.16 Å². The maximum Gasteiger partial charge on any atom is 0.256 e. The van der Waals surface area contributed by atoms with Gasteiger partial charge >= 0.3 is 0 Å². The lowest BCUT2D eigenvalue weighted by molar-refractivity contribution is -0.249. The molecule has 1 aliphatic heterocycles. The van der Waals surface area contributed by atoms with Gasteiger partial charge in [-0.1, -0.05) is 78.8 Å². The highest BCUT2D eigenvalue weighted by Gasteiger charge is 2.50. The molecule has 3 aliphatic rings. The number of rotatable bonds is 25. The van der Waals surface area contributed by atoms with Gasteiger partial charge in [-0.2, -0.15) is 0 Å². The van der Waals surface area contributed by atoms with Gasteiger partial charge in [-0.25, -0.2) is 0 Å². The summed E-state index contributed by atoms with van der Waals surface area (Å²) in [5, 5.41) is 86.6. The van der Waals surface area contributed by atoms with Gasteiger partial charge in [0.2, 0.25) is 5.78 Å². The second-order valence-corrected chi connectivity index (χ2v) is 21.2. The normalized spacial score (nSPS) is 20.2. The zero-order valence-electron chi connectivity index (χ0n) is 48.0. The molecule has 0 unspecified atom stereocenters. The number of likely N-dealkylation sites (N-methyl/N-ethyl adjacent to an activating group) is 1. The van der Waals surface area contributed by atoms with Crippen molar-refractivity contribution in [3.63, 3.8) is 0 Å². The van der Waals surface area contributed by atoms with E-state index in [1.54, 1.807) is 25.1 Å². The number of carbonyl (C=O) groups is 4. The molecule has 1 heterocycles. The largest absolute Gasteiger partial charge is 0.508 e. The topological polar surface area (TPSA) is 305 Å². The van der Waals surface area contributed by atoms with Crippen molar-refractivity contribution in [3.8, 4) is 34.5 Å². The Kier molecular flexibility index (Phi) is 20.0. The van der Waals surface area contributed by atoms with Crippen LogP contribution >= 0.6 is 0 Å². The van der Waals surface area contributed by atoms with Crippen LogP contribution in [0.25, 0.3) is 11.1 Å². The second kappa shape index (κ2) is 27.7. The number of nitrogens with one attached hydrogen (secondary N) is 2. The number of hydrogen-bond acceptors (Lipinski definition) is 20. The first-order chi connectivity index (χ1) is 41.4. The molecule has 21 nitrogen and oxygen atoms in total. The summed E-state index contributed by atoms with van der Waals surface area (Å²) in [6, 6.07) is 33.4. The van der Waals surface area contributed by atoms with Crippen LogP contribution < -0.4 is 20.1 Å². The van der Waals surface area contributed by atoms with Crippen molar-refractivity contribution in [3.05, 3.63) is 176 Å². The lowest BCUT2D eigenvalue weighted by Gasteiger charge is -2.43. The molecule has 0 radical (unpaired) electrons. The number of nitrogens with zero attached hydrogens (tertiary/aromatic N) is 2. The van der Waals surface area contributed by atoms with Crippen molar-refractivity contribution in [2.75, 3.05) is 67.0 Å². The molecule has 6 aromatic rings. The number of allylic oxidation sites excluding steroid dienone is 1. The van der Waals surface area contributed by atoms with Crippen molar-refractivity contribution in [2.45, 2.75) is 75.8 Å². The number of ketones is 3. The molecular formula is C65H70N4O17. The number of phenols is 4. The minimum Gasteiger partial charge on any atom is -0.508 e. The quantitative estimate of drug-likeness (QED) is 0.00771. The highest BCUT2D eigenvalue weighted by Crippen LogP contribution is 2.53. The molecule has 2 aliphatic carbocycles. The standard InChI is InChI=1S/C65H70N4O17/c1-5-44(39-10-7-6-8-11-39)54(40-15-19-42(71)20-16-40)41-17-21-43(22-18-41)83-27-25-69(3)24-26-82-28-29-84-68-34-38-14-23-49(72)46(30-38)64(79)67-36-66-48-31-53(85-37(2)59(48)74)86-51-33-65(80,52(73)35-70)32-47-56(51)63(78)58-57(61(47)76)60(75)45-12-9-13-50(81-4)55(45)62(58)77/h6-23,30,34,37,48,51,53,59,66,70-72,74,76,78,80H,5,24-29,31-33,35-36H2,1-4H3,(H,67,79)/b54-44+,68-34+/t37-,48-,51-,53-,59+,65-/m0/s1. The number of carbonyl (C=O) groups excluding carboxylic acids is 4. The van der Waals surface area contributed by atoms with Gasteiger partial charge in [-0.15, -0.1) is 0 Å². The third-order valence-electron chi connectivity index (χ3n) is 15.7. The summed E-state index contributed by atoms with van der Waals surface area (Å²) in [6.45, 7) is 5.00. The van der Waals surface area contributed by atoms with Gasteiger partial charge in [0.1, 0.15) is 59.9 Å². The molecule has 0 saturated carbocycles. The van der Waals surface area contributed by atoms with Crippen LogP contribution in [0.2, 0.25) is 0 Å². The van der Waals surface area contributed by atoms with Crippen molar-refractivity contribution < 1.29 is 83.4 Å². The Morgan fingerprint density at radius 1 is 0.826 bits per heavy atom. The van der Waals surface area contributed by atoms with E-state index in [-0.39, 0.29) is 71.4 Å².